The molecule has 2 nitrogen and oxygen atoms in total. The smallest absolute Gasteiger partial charge is 0.0954 e. The number of benzene rings is 1. The van der Waals surface area contributed by atoms with Gasteiger partial charge in [-0.25, -0.2) is 4.98 Å². The number of aliphatic hydroxyl groups excluding tert-OH is 1. The minimum Gasteiger partial charge on any atom is -0.392 e. The molecular weight excluding hydrogens is 286 g/mol. The van der Waals surface area contributed by atoms with Crippen molar-refractivity contribution in [3.8, 4) is 0 Å². The summed E-state index contributed by atoms with van der Waals surface area (Å²) in [5, 5.41) is 13.2. The van der Waals surface area contributed by atoms with Crippen LogP contribution in [-0.4, -0.2) is 21.9 Å². The monoisotopic (exact) mass is 307 g/mol. The van der Waals surface area contributed by atoms with Gasteiger partial charge < -0.3 is 5.11 Å². The quantitative estimate of drug-likeness (QED) is 0.843. The Bertz CT molecular complexity index is 531. The Hall–Kier alpha value is -0.840. The zero-order valence-corrected chi connectivity index (χ0v) is 13.8. The molecule has 2 aromatic rings. The van der Waals surface area contributed by atoms with E-state index in [0.717, 1.165) is 10.7 Å². The Labute approximate surface area is 129 Å². The van der Waals surface area contributed by atoms with Gasteiger partial charge in [0.25, 0.3) is 0 Å². The predicted molar refractivity (Wildman–Crippen MR) is 87.7 cm³/mol. The van der Waals surface area contributed by atoms with E-state index in [9.17, 15) is 5.11 Å². The van der Waals surface area contributed by atoms with Gasteiger partial charge in [0.15, 0.2) is 0 Å². The van der Waals surface area contributed by atoms with Gasteiger partial charge in [0, 0.05) is 27.9 Å². The molecule has 0 spiro atoms. The summed E-state index contributed by atoms with van der Waals surface area (Å²) in [6.07, 6.45) is 0.291. The largest absolute Gasteiger partial charge is 0.392 e. The lowest BCUT2D eigenvalue weighted by Gasteiger charge is -2.14. The third-order valence-electron chi connectivity index (χ3n) is 2.92. The maximum atomic E-state index is 10.1. The molecule has 1 aromatic carbocycles. The van der Waals surface area contributed by atoms with Gasteiger partial charge >= 0.3 is 0 Å². The van der Waals surface area contributed by atoms with Gasteiger partial charge in [0.2, 0.25) is 0 Å². The average Bonchev–Trinajstić information content (AvgIpc) is 2.86. The molecule has 1 N–H and O–H groups in total. The van der Waals surface area contributed by atoms with Crippen LogP contribution in [0, 0.1) is 0 Å². The Morgan fingerprint density at radius 2 is 1.95 bits per heavy atom. The molecule has 108 valence electrons. The second-order valence-electron chi connectivity index (χ2n) is 5.86. The van der Waals surface area contributed by atoms with Gasteiger partial charge in [-0.1, -0.05) is 39.0 Å². The first-order valence-electron chi connectivity index (χ1n) is 6.76. The van der Waals surface area contributed by atoms with E-state index >= 15 is 0 Å². The highest BCUT2D eigenvalue weighted by Crippen LogP contribution is 2.25. The molecule has 0 aliphatic heterocycles. The van der Waals surface area contributed by atoms with Crippen molar-refractivity contribution in [2.75, 3.05) is 5.75 Å². The van der Waals surface area contributed by atoms with Crippen LogP contribution in [-0.2, 0) is 11.8 Å². The zero-order chi connectivity index (χ0) is 14.6. The van der Waals surface area contributed by atoms with E-state index in [1.165, 1.54) is 4.90 Å². The molecule has 0 saturated carbocycles. The van der Waals surface area contributed by atoms with Crippen molar-refractivity contribution in [1.29, 1.82) is 0 Å². The highest BCUT2D eigenvalue weighted by atomic mass is 32.2. The van der Waals surface area contributed by atoms with E-state index in [4.69, 9.17) is 0 Å². The van der Waals surface area contributed by atoms with Crippen LogP contribution in [0.4, 0.5) is 0 Å². The van der Waals surface area contributed by atoms with Crippen molar-refractivity contribution in [2.24, 2.45) is 0 Å². The predicted octanol–water partition coefficient (Wildman–Crippen LogP) is 4.14. The van der Waals surface area contributed by atoms with Crippen LogP contribution >= 0.6 is 23.1 Å². The summed E-state index contributed by atoms with van der Waals surface area (Å²) in [5.41, 5.74) is 1.19. The minimum absolute atomic E-state index is 0.0818. The molecule has 1 atom stereocenters. The number of hydrogen-bond acceptors (Lipinski definition) is 4. The maximum Gasteiger partial charge on any atom is 0.0954 e. The third-order valence-corrected chi connectivity index (χ3v) is 4.94. The van der Waals surface area contributed by atoms with Crippen LogP contribution in [0.5, 0.6) is 0 Å². The summed E-state index contributed by atoms with van der Waals surface area (Å²) in [6.45, 7) is 6.48. The second kappa shape index (κ2) is 6.74. The molecule has 1 heterocycles. The summed E-state index contributed by atoms with van der Waals surface area (Å²) in [4.78, 5) is 5.82. The van der Waals surface area contributed by atoms with E-state index in [2.05, 4.69) is 43.3 Å². The van der Waals surface area contributed by atoms with E-state index < -0.39 is 0 Å². The normalized spacial score (nSPS) is 13.4. The molecule has 0 saturated heterocycles. The fourth-order valence-electron chi connectivity index (χ4n) is 1.72. The molecule has 0 aliphatic carbocycles. The van der Waals surface area contributed by atoms with E-state index in [-0.39, 0.29) is 11.5 Å². The molecule has 0 fully saturated rings. The van der Waals surface area contributed by atoms with E-state index in [1.807, 2.05) is 18.2 Å². The van der Waals surface area contributed by atoms with Gasteiger partial charge in [0.05, 0.1) is 16.8 Å². The van der Waals surface area contributed by atoms with Crippen LogP contribution in [0.25, 0.3) is 0 Å². The van der Waals surface area contributed by atoms with Gasteiger partial charge in [-0.05, 0) is 12.1 Å². The van der Waals surface area contributed by atoms with Crippen molar-refractivity contribution in [2.45, 2.75) is 43.6 Å². The number of thiazole rings is 1. The van der Waals surface area contributed by atoms with Gasteiger partial charge in [0.1, 0.15) is 0 Å². The van der Waals surface area contributed by atoms with Crippen LogP contribution < -0.4 is 0 Å². The number of aromatic nitrogens is 1. The fourth-order valence-corrected chi connectivity index (χ4v) is 3.66. The average molecular weight is 307 g/mol. The SMILES string of the molecule is CC(C)(C)c1csc(CC(O)CSc2ccccc2)n1. The highest BCUT2D eigenvalue weighted by Gasteiger charge is 2.18. The topological polar surface area (TPSA) is 33.1 Å². The summed E-state index contributed by atoms with van der Waals surface area (Å²) in [7, 11) is 0. The first kappa shape index (κ1) is 15.5. The van der Waals surface area contributed by atoms with Crippen molar-refractivity contribution < 1.29 is 5.11 Å². The number of rotatable bonds is 5. The molecular formula is C16H21NOS2. The summed E-state index contributed by atoms with van der Waals surface area (Å²) >= 11 is 3.33. The Morgan fingerprint density at radius 1 is 1.25 bits per heavy atom. The molecule has 1 unspecified atom stereocenters. The Morgan fingerprint density at radius 3 is 2.55 bits per heavy atom. The maximum absolute atomic E-state index is 10.1. The standard InChI is InChI=1S/C16H21NOS2/c1-16(2,3)14-11-20-15(17-14)9-12(18)10-19-13-7-5-4-6-8-13/h4-8,11-12,18H,9-10H2,1-3H3. The lowest BCUT2D eigenvalue weighted by Crippen LogP contribution is -2.15. The highest BCUT2D eigenvalue weighted by molar-refractivity contribution is 7.99. The summed E-state index contributed by atoms with van der Waals surface area (Å²) in [5.74, 6) is 0.703. The summed E-state index contributed by atoms with van der Waals surface area (Å²) < 4.78 is 0. The number of aliphatic hydroxyl groups is 1. The van der Waals surface area contributed by atoms with Crippen LogP contribution in [0.1, 0.15) is 31.5 Å². The molecule has 0 aliphatic rings. The van der Waals surface area contributed by atoms with Crippen LogP contribution in [0.2, 0.25) is 0 Å². The van der Waals surface area contributed by atoms with Crippen LogP contribution in [0.15, 0.2) is 40.6 Å². The molecule has 1 aromatic heterocycles. The lowest BCUT2D eigenvalue weighted by molar-refractivity contribution is 0.200. The number of thioether (sulfide) groups is 1. The number of hydrogen-bond donors (Lipinski definition) is 1. The Kier molecular flexibility index (Phi) is 5.24. The third kappa shape index (κ3) is 4.62. The molecule has 4 heteroatoms. The molecule has 0 amide bonds. The summed E-state index contributed by atoms with van der Waals surface area (Å²) in [6, 6.07) is 10.2. The zero-order valence-electron chi connectivity index (χ0n) is 12.2. The second-order valence-corrected chi connectivity index (χ2v) is 7.89. The molecule has 2 rings (SSSR count). The van der Waals surface area contributed by atoms with Gasteiger partial charge in [-0.2, -0.15) is 0 Å². The number of nitrogens with zero attached hydrogens (tertiary/aromatic N) is 1. The Balaban J connectivity index is 1.85. The van der Waals surface area contributed by atoms with Crippen LogP contribution in [0.3, 0.4) is 0 Å². The first-order valence-corrected chi connectivity index (χ1v) is 8.62. The fraction of sp³-hybridized carbons (Fsp3) is 0.438. The minimum atomic E-state index is -0.348. The lowest BCUT2D eigenvalue weighted by atomic mass is 9.93. The van der Waals surface area contributed by atoms with Crippen molar-refractivity contribution >= 4 is 23.1 Å². The van der Waals surface area contributed by atoms with E-state index in [1.54, 1.807) is 23.1 Å². The molecule has 20 heavy (non-hydrogen) atoms. The van der Waals surface area contributed by atoms with Gasteiger partial charge in [-0.15, -0.1) is 23.1 Å². The van der Waals surface area contributed by atoms with Gasteiger partial charge in [-0.3, -0.25) is 0 Å². The van der Waals surface area contributed by atoms with Crippen molar-refractivity contribution in [3.05, 3.63) is 46.4 Å². The molecule has 0 radical (unpaired) electrons. The molecule has 0 bridgehead atoms. The van der Waals surface area contributed by atoms with Crippen molar-refractivity contribution in [1.82, 2.24) is 4.98 Å². The first-order chi connectivity index (χ1) is 9.45. The van der Waals surface area contributed by atoms with E-state index in [0.29, 0.717) is 12.2 Å². The van der Waals surface area contributed by atoms with Crippen molar-refractivity contribution in [3.63, 3.8) is 0 Å².